The highest BCUT2D eigenvalue weighted by Gasteiger charge is 2.22. The first-order valence-electron chi connectivity index (χ1n) is 4.94. The molecule has 2 nitrogen and oxygen atoms in total. The van der Waals surface area contributed by atoms with Crippen molar-refractivity contribution in [1.29, 1.82) is 0 Å². The summed E-state index contributed by atoms with van der Waals surface area (Å²) in [6.07, 6.45) is 0.859. The Kier molecular flexibility index (Phi) is 3.69. The van der Waals surface area contributed by atoms with Crippen LogP contribution in [-0.4, -0.2) is 11.1 Å². The quantitative estimate of drug-likeness (QED) is 0.796. The predicted octanol–water partition coefficient (Wildman–Crippen LogP) is 2.90. The highest BCUT2D eigenvalue weighted by molar-refractivity contribution is 5.70. The number of aliphatic carboxylic acids is 1. The van der Waals surface area contributed by atoms with Crippen molar-refractivity contribution in [3.05, 3.63) is 35.9 Å². The molecule has 1 rings (SSSR count). The zero-order valence-corrected chi connectivity index (χ0v) is 8.60. The fourth-order valence-electron chi connectivity index (χ4n) is 1.75. The van der Waals surface area contributed by atoms with Crippen molar-refractivity contribution < 1.29 is 9.90 Å². The number of carboxylic acids is 1. The zero-order chi connectivity index (χ0) is 10.6. The number of carbonyl (C=O) groups is 1. The first kappa shape index (κ1) is 10.8. The number of hydrogen-bond donors (Lipinski definition) is 1. The zero-order valence-electron chi connectivity index (χ0n) is 8.60. The van der Waals surface area contributed by atoms with Gasteiger partial charge in [0, 0.05) is 0 Å². The molecule has 2 heteroatoms. The Morgan fingerprint density at radius 1 is 1.36 bits per heavy atom. The largest absolute Gasteiger partial charge is 0.481 e. The van der Waals surface area contributed by atoms with E-state index >= 15 is 0 Å². The van der Waals surface area contributed by atoms with Crippen molar-refractivity contribution in [3.8, 4) is 0 Å². The van der Waals surface area contributed by atoms with Gasteiger partial charge in [0.15, 0.2) is 0 Å². The number of rotatable bonds is 4. The van der Waals surface area contributed by atoms with E-state index < -0.39 is 5.97 Å². The van der Waals surface area contributed by atoms with Gasteiger partial charge in [-0.25, -0.2) is 0 Å². The molecular formula is C12H16O2. The molecule has 0 spiro atoms. The predicted molar refractivity (Wildman–Crippen MR) is 56.3 cm³/mol. The minimum absolute atomic E-state index is 0.119. The minimum Gasteiger partial charge on any atom is -0.481 e. The molecule has 0 aliphatic carbocycles. The second-order valence-electron chi connectivity index (χ2n) is 3.55. The van der Waals surface area contributed by atoms with Gasteiger partial charge in [-0.15, -0.1) is 0 Å². The van der Waals surface area contributed by atoms with E-state index in [4.69, 9.17) is 5.11 Å². The maximum absolute atomic E-state index is 10.9. The van der Waals surface area contributed by atoms with E-state index in [2.05, 4.69) is 0 Å². The van der Waals surface area contributed by atoms with Crippen LogP contribution in [0.5, 0.6) is 0 Å². The van der Waals surface area contributed by atoms with E-state index in [0.29, 0.717) is 0 Å². The molecule has 2 atom stereocenters. The Balaban J connectivity index is 2.87. The highest BCUT2D eigenvalue weighted by atomic mass is 16.4. The standard InChI is InChI=1S/C12H16O2/c1-3-11(9(2)12(13)14)10-7-5-4-6-8-10/h4-9,11H,3H2,1-2H3,(H,13,14). The molecule has 1 aromatic carbocycles. The van der Waals surface area contributed by atoms with Crippen molar-refractivity contribution in [1.82, 2.24) is 0 Å². The smallest absolute Gasteiger partial charge is 0.306 e. The van der Waals surface area contributed by atoms with Gasteiger partial charge in [-0.2, -0.15) is 0 Å². The lowest BCUT2D eigenvalue weighted by molar-refractivity contribution is -0.141. The summed E-state index contributed by atoms with van der Waals surface area (Å²) in [6.45, 7) is 3.79. The Bertz CT molecular complexity index is 292. The molecule has 0 saturated heterocycles. The lowest BCUT2D eigenvalue weighted by atomic mass is 9.85. The normalized spacial score (nSPS) is 14.7. The lowest BCUT2D eigenvalue weighted by Gasteiger charge is -2.19. The third-order valence-electron chi connectivity index (χ3n) is 2.66. The van der Waals surface area contributed by atoms with E-state index in [0.717, 1.165) is 12.0 Å². The van der Waals surface area contributed by atoms with E-state index in [1.807, 2.05) is 37.3 Å². The monoisotopic (exact) mass is 192 g/mol. The summed E-state index contributed by atoms with van der Waals surface area (Å²) in [4.78, 5) is 10.9. The van der Waals surface area contributed by atoms with Crippen molar-refractivity contribution in [2.24, 2.45) is 5.92 Å². The van der Waals surface area contributed by atoms with Crippen molar-refractivity contribution >= 4 is 5.97 Å². The maximum atomic E-state index is 10.9. The highest BCUT2D eigenvalue weighted by Crippen LogP contribution is 2.27. The van der Waals surface area contributed by atoms with Gasteiger partial charge in [-0.1, -0.05) is 44.2 Å². The summed E-state index contributed by atoms with van der Waals surface area (Å²) >= 11 is 0. The molecule has 0 radical (unpaired) electrons. The molecule has 0 aliphatic heterocycles. The molecular weight excluding hydrogens is 176 g/mol. The Morgan fingerprint density at radius 2 is 1.93 bits per heavy atom. The summed E-state index contributed by atoms with van der Waals surface area (Å²) in [5.74, 6) is -0.920. The molecule has 0 aliphatic rings. The first-order chi connectivity index (χ1) is 6.66. The summed E-state index contributed by atoms with van der Waals surface area (Å²) in [5, 5.41) is 8.94. The third-order valence-corrected chi connectivity index (χ3v) is 2.66. The number of carboxylic acid groups (broad SMARTS) is 1. The van der Waals surface area contributed by atoms with E-state index in [1.165, 1.54) is 0 Å². The van der Waals surface area contributed by atoms with Gasteiger partial charge in [-0.3, -0.25) is 4.79 Å². The SMILES string of the molecule is CCC(c1ccccc1)C(C)C(=O)O. The van der Waals surface area contributed by atoms with Gasteiger partial charge in [0.05, 0.1) is 5.92 Å². The van der Waals surface area contributed by atoms with Crippen LogP contribution in [0.15, 0.2) is 30.3 Å². The molecule has 0 saturated carbocycles. The van der Waals surface area contributed by atoms with Gasteiger partial charge in [0.1, 0.15) is 0 Å². The van der Waals surface area contributed by atoms with Crippen molar-refractivity contribution in [2.45, 2.75) is 26.2 Å². The molecule has 0 bridgehead atoms. The van der Waals surface area contributed by atoms with Crippen LogP contribution in [-0.2, 0) is 4.79 Å². The topological polar surface area (TPSA) is 37.3 Å². The molecule has 2 unspecified atom stereocenters. The van der Waals surface area contributed by atoms with E-state index in [1.54, 1.807) is 6.92 Å². The number of hydrogen-bond acceptors (Lipinski definition) is 1. The van der Waals surface area contributed by atoms with Crippen LogP contribution in [0.1, 0.15) is 31.7 Å². The summed E-state index contributed by atoms with van der Waals surface area (Å²) in [6, 6.07) is 9.84. The average Bonchev–Trinajstić information content (AvgIpc) is 2.20. The molecule has 0 amide bonds. The van der Waals surface area contributed by atoms with Gasteiger partial charge in [0.2, 0.25) is 0 Å². The van der Waals surface area contributed by atoms with Gasteiger partial charge in [0.25, 0.3) is 0 Å². The van der Waals surface area contributed by atoms with Crippen LogP contribution in [0.2, 0.25) is 0 Å². The second-order valence-corrected chi connectivity index (χ2v) is 3.55. The Labute approximate surface area is 84.6 Å². The summed E-state index contributed by atoms with van der Waals surface area (Å²) in [7, 11) is 0. The molecule has 14 heavy (non-hydrogen) atoms. The van der Waals surface area contributed by atoms with Gasteiger partial charge < -0.3 is 5.11 Å². The van der Waals surface area contributed by atoms with E-state index in [9.17, 15) is 4.79 Å². The fourth-order valence-corrected chi connectivity index (χ4v) is 1.75. The molecule has 1 N–H and O–H groups in total. The van der Waals surface area contributed by atoms with Crippen LogP contribution in [0.4, 0.5) is 0 Å². The number of benzene rings is 1. The second kappa shape index (κ2) is 4.80. The van der Waals surface area contributed by atoms with Gasteiger partial charge >= 0.3 is 5.97 Å². The van der Waals surface area contributed by atoms with Crippen LogP contribution in [0.3, 0.4) is 0 Å². The average molecular weight is 192 g/mol. The molecule has 76 valence electrons. The minimum atomic E-state index is -0.722. The summed E-state index contributed by atoms with van der Waals surface area (Å²) < 4.78 is 0. The van der Waals surface area contributed by atoms with Crippen LogP contribution >= 0.6 is 0 Å². The van der Waals surface area contributed by atoms with Crippen LogP contribution in [0, 0.1) is 5.92 Å². The summed E-state index contributed by atoms with van der Waals surface area (Å²) in [5.41, 5.74) is 1.12. The molecule has 0 heterocycles. The van der Waals surface area contributed by atoms with Gasteiger partial charge in [-0.05, 0) is 17.9 Å². The van der Waals surface area contributed by atoms with Crippen LogP contribution in [0.25, 0.3) is 0 Å². The van der Waals surface area contributed by atoms with E-state index in [-0.39, 0.29) is 11.8 Å². The fraction of sp³-hybridized carbons (Fsp3) is 0.417. The lowest BCUT2D eigenvalue weighted by Crippen LogP contribution is -2.18. The van der Waals surface area contributed by atoms with Crippen LogP contribution < -0.4 is 0 Å². The Morgan fingerprint density at radius 3 is 2.36 bits per heavy atom. The molecule has 1 aromatic rings. The maximum Gasteiger partial charge on any atom is 0.306 e. The van der Waals surface area contributed by atoms with Crippen molar-refractivity contribution in [2.75, 3.05) is 0 Å². The first-order valence-corrected chi connectivity index (χ1v) is 4.94. The van der Waals surface area contributed by atoms with Crippen molar-refractivity contribution in [3.63, 3.8) is 0 Å². The molecule has 0 fully saturated rings. The third kappa shape index (κ3) is 2.34. The molecule has 0 aromatic heterocycles. The Hall–Kier alpha value is -1.31.